The van der Waals surface area contributed by atoms with Crippen LogP contribution in [0.3, 0.4) is 0 Å². The Morgan fingerprint density at radius 2 is 1.90 bits per heavy atom. The van der Waals surface area contributed by atoms with Crippen LogP contribution in [0.25, 0.3) is 0 Å². The second-order valence-corrected chi connectivity index (χ2v) is 6.66. The average Bonchev–Trinajstić information content (AvgIpc) is 2.67. The van der Waals surface area contributed by atoms with Crippen molar-refractivity contribution in [2.24, 2.45) is 0 Å². The summed E-state index contributed by atoms with van der Waals surface area (Å²) in [5, 5.41) is 16.3. The fraction of sp³-hybridized carbons (Fsp3) is 0.263. The molecule has 0 radical (unpaired) electrons. The molecule has 2 aromatic rings. The van der Waals surface area contributed by atoms with Gasteiger partial charge < -0.3 is 20.3 Å². The highest BCUT2D eigenvalue weighted by Gasteiger charge is 2.18. The van der Waals surface area contributed by atoms with E-state index in [9.17, 15) is 19.7 Å². The number of anilines is 2. The van der Waals surface area contributed by atoms with Crippen molar-refractivity contribution < 1.29 is 19.2 Å². The number of amides is 2. The zero-order valence-corrected chi connectivity index (χ0v) is 16.9. The number of methoxy groups -OCH3 is 1. The van der Waals surface area contributed by atoms with Gasteiger partial charge in [0.15, 0.2) is 0 Å². The van der Waals surface area contributed by atoms with E-state index in [0.717, 1.165) is 6.07 Å². The molecular weight excluding hydrogens is 400 g/mol. The first kappa shape index (κ1) is 22.1. The van der Waals surface area contributed by atoms with E-state index < -0.39 is 10.8 Å². The number of ether oxygens (including phenoxy) is 1. The van der Waals surface area contributed by atoms with Gasteiger partial charge in [-0.25, -0.2) is 0 Å². The highest BCUT2D eigenvalue weighted by atomic mass is 35.5. The lowest BCUT2D eigenvalue weighted by atomic mass is 10.1. The summed E-state index contributed by atoms with van der Waals surface area (Å²) in [5.74, 6) is -0.878. The zero-order chi connectivity index (χ0) is 21.6. The normalized spacial score (nSPS) is 10.3. The molecule has 0 bridgehead atoms. The summed E-state index contributed by atoms with van der Waals surface area (Å²) in [6, 6.07) is 8.66. The second kappa shape index (κ2) is 9.85. The van der Waals surface area contributed by atoms with Crippen LogP contribution in [0.1, 0.15) is 20.7 Å². The Morgan fingerprint density at radius 3 is 2.52 bits per heavy atom. The van der Waals surface area contributed by atoms with Crippen molar-refractivity contribution in [3.63, 3.8) is 0 Å². The second-order valence-electron chi connectivity index (χ2n) is 6.25. The van der Waals surface area contributed by atoms with Gasteiger partial charge in [0.2, 0.25) is 0 Å². The van der Waals surface area contributed by atoms with Crippen molar-refractivity contribution >= 4 is 40.5 Å². The maximum atomic E-state index is 12.5. The number of nitro groups is 1. The minimum atomic E-state index is -0.659. The van der Waals surface area contributed by atoms with E-state index in [1.807, 2.05) is 0 Å². The van der Waals surface area contributed by atoms with E-state index in [1.54, 1.807) is 37.2 Å². The molecule has 0 aliphatic rings. The fourth-order valence-corrected chi connectivity index (χ4v) is 2.73. The van der Waals surface area contributed by atoms with Crippen LogP contribution in [0.15, 0.2) is 36.4 Å². The Morgan fingerprint density at radius 1 is 1.17 bits per heavy atom. The molecule has 0 saturated heterocycles. The summed E-state index contributed by atoms with van der Waals surface area (Å²) >= 11 is 5.78. The van der Waals surface area contributed by atoms with Crippen molar-refractivity contribution in [1.29, 1.82) is 0 Å². The van der Waals surface area contributed by atoms with Crippen LogP contribution in [0.5, 0.6) is 0 Å². The Hall–Kier alpha value is -3.17. The Kier molecular flexibility index (Phi) is 7.52. The van der Waals surface area contributed by atoms with Crippen LogP contribution in [0, 0.1) is 10.1 Å². The number of nitrogens with zero attached hydrogens (tertiary/aromatic N) is 2. The molecule has 0 fully saturated rings. The number of carbonyl (C=O) groups excluding carboxylic acids is 2. The van der Waals surface area contributed by atoms with Gasteiger partial charge in [-0.05, 0) is 30.3 Å². The lowest BCUT2D eigenvalue weighted by Gasteiger charge is -2.18. The molecule has 10 heteroatoms. The topological polar surface area (TPSA) is 114 Å². The third-order valence-corrected chi connectivity index (χ3v) is 4.30. The van der Waals surface area contributed by atoms with Crippen LogP contribution < -0.4 is 15.5 Å². The summed E-state index contributed by atoms with van der Waals surface area (Å²) in [7, 11) is 5.13. The van der Waals surface area contributed by atoms with Crippen LogP contribution in [0.4, 0.5) is 17.1 Å². The fourth-order valence-electron chi connectivity index (χ4n) is 2.54. The SMILES string of the molecule is COCCNC(=O)c1cc(NC(=O)c2ccc(Cl)c([N+](=O)[O-])c2)ccc1N(C)C. The van der Waals surface area contributed by atoms with Gasteiger partial charge in [-0.3, -0.25) is 19.7 Å². The molecule has 2 aromatic carbocycles. The standard InChI is InChI=1S/C19H21ClN4O5/c1-23(2)16-7-5-13(11-14(16)19(26)21-8-9-29-3)22-18(25)12-4-6-15(20)17(10-12)24(27)28/h4-7,10-11H,8-9H2,1-3H3,(H,21,26)(H,22,25). The predicted molar refractivity (Wildman–Crippen MR) is 111 cm³/mol. The maximum Gasteiger partial charge on any atom is 0.288 e. The van der Waals surface area contributed by atoms with Gasteiger partial charge >= 0.3 is 0 Å². The van der Waals surface area contributed by atoms with Crippen LogP contribution in [-0.4, -0.2) is 51.1 Å². The molecule has 154 valence electrons. The molecule has 0 saturated carbocycles. The molecule has 0 unspecified atom stereocenters. The van der Waals surface area contributed by atoms with E-state index in [4.69, 9.17) is 16.3 Å². The number of nitro benzene ring substituents is 1. The van der Waals surface area contributed by atoms with E-state index >= 15 is 0 Å². The highest BCUT2D eigenvalue weighted by Crippen LogP contribution is 2.26. The quantitative estimate of drug-likeness (QED) is 0.385. The van der Waals surface area contributed by atoms with E-state index in [1.165, 1.54) is 19.2 Å². The van der Waals surface area contributed by atoms with Gasteiger partial charge in [-0.15, -0.1) is 0 Å². The van der Waals surface area contributed by atoms with E-state index in [0.29, 0.717) is 30.1 Å². The molecular formula is C19H21ClN4O5. The van der Waals surface area contributed by atoms with Crippen LogP contribution in [-0.2, 0) is 4.74 Å². The average molecular weight is 421 g/mol. The third kappa shape index (κ3) is 5.66. The molecule has 0 aliphatic heterocycles. The van der Waals surface area contributed by atoms with Gasteiger partial charge in [-0.1, -0.05) is 11.6 Å². The van der Waals surface area contributed by atoms with Gasteiger partial charge in [0.05, 0.1) is 17.1 Å². The van der Waals surface area contributed by atoms with Crippen molar-refractivity contribution in [2.45, 2.75) is 0 Å². The van der Waals surface area contributed by atoms with Crippen molar-refractivity contribution in [3.8, 4) is 0 Å². The number of halogens is 1. The Balaban J connectivity index is 2.27. The number of hydrogen-bond donors (Lipinski definition) is 2. The Labute approximate surface area is 172 Å². The van der Waals surface area contributed by atoms with E-state index in [-0.39, 0.29) is 22.2 Å². The minimum Gasteiger partial charge on any atom is -0.383 e. The molecule has 2 amide bonds. The summed E-state index contributed by atoms with van der Waals surface area (Å²) in [6.07, 6.45) is 0. The smallest absolute Gasteiger partial charge is 0.288 e. The van der Waals surface area contributed by atoms with Gasteiger partial charge in [0, 0.05) is 50.8 Å². The van der Waals surface area contributed by atoms with Gasteiger partial charge in [-0.2, -0.15) is 0 Å². The summed E-state index contributed by atoms with van der Waals surface area (Å²) in [5.41, 5.74) is 1.12. The van der Waals surface area contributed by atoms with Crippen molar-refractivity contribution in [1.82, 2.24) is 5.32 Å². The molecule has 2 rings (SSSR count). The molecule has 0 heterocycles. The molecule has 9 nitrogen and oxygen atoms in total. The molecule has 0 aromatic heterocycles. The minimum absolute atomic E-state index is 0.0584. The first-order valence-electron chi connectivity index (χ1n) is 8.58. The summed E-state index contributed by atoms with van der Waals surface area (Å²) in [6.45, 7) is 0.710. The van der Waals surface area contributed by atoms with Crippen molar-refractivity contribution in [3.05, 3.63) is 62.7 Å². The lowest BCUT2D eigenvalue weighted by molar-refractivity contribution is -0.384. The molecule has 29 heavy (non-hydrogen) atoms. The van der Waals surface area contributed by atoms with Gasteiger partial charge in [0.1, 0.15) is 5.02 Å². The summed E-state index contributed by atoms with van der Waals surface area (Å²) in [4.78, 5) is 37.2. The van der Waals surface area contributed by atoms with Crippen molar-refractivity contribution in [2.75, 3.05) is 44.6 Å². The summed E-state index contributed by atoms with van der Waals surface area (Å²) < 4.78 is 4.93. The number of carbonyl (C=O) groups is 2. The molecule has 0 aliphatic carbocycles. The monoisotopic (exact) mass is 420 g/mol. The first-order chi connectivity index (χ1) is 13.7. The molecule has 2 N–H and O–H groups in total. The Bertz CT molecular complexity index is 933. The van der Waals surface area contributed by atoms with Gasteiger partial charge in [0.25, 0.3) is 17.5 Å². The predicted octanol–water partition coefficient (Wildman–Crippen LogP) is 2.94. The highest BCUT2D eigenvalue weighted by molar-refractivity contribution is 6.32. The number of hydrogen-bond acceptors (Lipinski definition) is 6. The number of rotatable bonds is 8. The number of benzene rings is 2. The maximum absolute atomic E-state index is 12.5. The third-order valence-electron chi connectivity index (χ3n) is 3.98. The largest absolute Gasteiger partial charge is 0.383 e. The van der Waals surface area contributed by atoms with Crippen LogP contribution in [0.2, 0.25) is 5.02 Å². The number of nitrogens with one attached hydrogen (secondary N) is 2. The first-order valence-corrected chi connectivity index (χ1v) is 8.96. The molecule has 0 atom stereocenters. The molecule has 0 spiro atoms. The van der Waals surface area contributed by atoms with E-state index in [2.05, 4.69) is 10.6 Å². The van der Waals surface area contributed by atoms with Crippen LogP contribution >= 0.6 is 11.6 Å². The lowest BCUT2D eigenvalue weighted by Crippen LogP contribution is -2.28. The zero-order valence-electron chi connectivity index (χ0n) is 16.2.